The highest BCUT2D eigenvalue weighted by molar-refractivity contribution is 5.91. The number of aromatic nitrogens is 2. The number of carbonyl (C=O) groups excluding carboxylic acids is 1. The van der Waals surface area contributed by atoms with E-state index in [-0.39, 0.29) is 12.4 Å². The summed E-state index contributed by atoms with van der Waals surface area (Å²) in [6.07, 6.45) is 2.32. The topological polar surface area (TPSA) is 67.0 Å². The molecule has 0 bridgehead atoms. The molecule has 2 aromatic rings. The Balaban J connectivity index is 1.92. The molecule has 2 N–H and O–H groups in total. The van der Waals surface area contributed by atoms with E-state index in [0.717, 1.165) is 17.7 Å². The SMILES string of the molecule is CCc1cn[nH]c1NC(=O)COc1ccc(F)cc1F. The number of aryl methyl sites for hydroxylation is 1. The molecule has 0 saturated heterocycles. The average molecular weight is 281 g/mol. The van der Waals surface area contributed by atoms with E-state index in [1.807, 2.05) is 6.92 Å². The minimum atomic E-state index is -0.853. The number of ether oxygens (including phenoxy) is 1. The summed E-state index contributed by atoms with van der Waals surface area (Å²) >= 11 is 0. The number of nitrogens with one attached hydrogen (secondary N) is 2. The summed E-state index contributed by atoms with van der Waals surface area (Å²) in [5.41, 5.74) is 0.853. The molecule has 0 atom stereocenters. The zero-order valence-corrected chi connectivity index (χ0v) is 10.7. The van der Waals surface area contributed by atoms with Crippen LogP contribution in [0.2, 0.25) is 0 Å². The van der Waals surface area contributed by atoms with E-state index >= 15 is 0 Å². The minimum Gasteiger partial charge on any atom is -0.481 e. The number of rotatable bonds is 5. The van der Waals surface area contributed by atoms with Crippen LogP contribution in [0, 0.1) is 11.6 Å². The second-order valence-electron chi connectivity index (χ2n) is 4.04. The first kappa shape index (κ1) is 14.0. The van der Waals surface area contributed by atoms with Crippen LogP contribution in [-0.2, 0) is 11.2 Å². The van der Waals surface area contributed by atoms with Gasteiger partial charge in [0.15, 0.2) is 18.2 Å². The highest BCUT2D eigenvalue weighted by Crippen LogP contribution is 2.17. The molecule has 0 fully saturated rings. The number of halogens is 2. The van der Waals surface area contributed by atoms with Crippen molar-refractivity contribution < 1.29 is 18.3 Å². The van der Waals surface area contributed by atoms with Crippen LogP contribution in [0.1, 0.15) is 12.5 Å². The molecule has 0 unspecified atom stereocenters. The van der Waals surface area contributed by atoms with Gasteiger partial charge in [0.25, 0.3) is 5.91 Å². The minimum absolute atomic E-state index is 0.179. The lowest BCUT2D eigenvalue weighted by atomic mass is 10.2. The fourth-order valence-corrected chi connectivity index (χ4v) is 1.60. The standard InChI is InChI=1S/C13H13F2N3O2/c1-2-8-6-16-18-13(8)17-12(19)7-20-11-4-3-9(14)5-10(11)15/h3-6H,2,7H2,1H3,(H2,16,17,18,19). The summed E-state index contributed by atoms with van der Waals surface area (Å²) in [4.78, 5) is 11.6. The van der Waals surface area contributed by atoms with Gasteiger partial charge in [-0.05, 0) is 18.6 Å². The summed E-state index contributed by atoms with van der Waals surface area (Å²) in [7, 11) is 0. The Morgan fingerprint density at radius 3 is 2.95 bits per heavy atom. The molecule has 0 aliphatic rings. The first-order chi connectivity index (χ1) is 9.60. The van der Waals surface area contributed by atoms with Gasteiger partial charge in [0, 0.05) is 11.6 Å². The van der Waals surface area contributed by atoms with Crippen molar-refractivity contribution in [2.75, 3.05) is 11.9 Å². The summed E-state index contributed by atoms with van der Waals surface area (Å²) < 4.78 is 31.0. The van der Waals surface area contributed by atoms with Gasteiger partial charge in [-0.15, -0.1) is 0 Å². The number of anilines is 1. The Morgan fingerprint density at radius 2 is 2.25 bits per heavy atom. The third-order valence-corrected chi connectivity index (χ3v) is 2.62. The largest absolute Gasteiger partial charge is 0.481 e. The lowest BCUT2D eigenvalue weighted by Gasteiger charge is -2.08. The van der Waals surface area contributed by atoms with Crippen molar-refractivity contribution in [3.63, 3.8) is 0 Å². The van der Waals surface area contributed by atoms with Crippen LogP contribution >= 0.6 is 0 Å². The van der Waals surface area contributed by atoms with Gasteiger partial charge < -0.3 is 10.1 Å². The molecule has 1 aromatic carbocycles. The van der Waals surface area contributed by atoms with E-state index < -0.39 is 17.5 Å². The van der Waals surface area contributed by atoms with Crippen molar-refractivity contribution in [3.8, 4) is 5.75 Å². The van der Waals surface area contributed by atoms with Gasteiger partial charge in [-0.3, -0.25) is 9.89 Å². The van der Waals surface area contributed by atoms with Gasteiger partial charge in [-0.2, -0.15) is 5.10 Å². The number of benzene rings is 1. The maximum absolute atomic E-state index is 13.3. The first-order valence-corrected chi connectivity index (χ1v) is 6.00. The van der Waals surface area contributed by atoms with Crippen LogP contribution in [0.25, 0.3) is 0 Å². The Hall–Kier alpha value is -2.44. The Bertz CT molecular complexity index is 613. The smallest absolute Gasteiger partial charge is 0.263 e. The van der Waals surface area contributed by atoms with Crippen molar-refractivity contribution in [1.82, 2.24) is 10.2 Å². The molecule has 7 heteroatoms. The number of hydrogen-bond acceptors (Lipinski definition) is 3. The lowest BCUT2D eigenvalue weighted by Crippen LogP contribution is -2.21. The number of amides is 1. The maximum Gasteiger partial charge on any atom is 0.263 e. The van der Waals surface area contributed by atoms with Crippen LogP contribution in [0.3, 0.4) is 0 Å². The lowest BCUT2D eigenvalue weighted by molar-refractivity contribution is -0.118. The number of carbonyl (C=O) groups is 1. The highest BCUT2D eigenvalue weighted by atomic mass is 19.1. The predicted octanol–water partition coefficient (Wildman–Crippen LogP) is 2.27. The molecule has 1 amide bonds. The summed E-state index contributed by atoms with van der Waals surface area (Å²) in [6, 6.07) is 2.88. The van der Waals surface area contributed by atoms with Crippen LogP contribution in [0.5, 0.6) is 5.75 Å². The molecule has 106 valence electrons. The van der Waals surface area contributed by atoms with E-state index in [0.29, 0.717) is 18.3 Å². The van der Waals surface area contributed by atoms with Gasteiger partial charge in [0.05, 0.1) is 6.20 Å². The van der Waals surface area contributed by atoms with Crippen LogP contribution < -0.4 is 10.1 Å². The van der Waals surface area contributed by atoms with Crippen molar-refractivity contribution in [1.29, 1.82) is 0 Å². The third kappa shape index (κ3) is 3.31. The fraction of sp³-hybridized carbons (Fsp3) is 0.231. The normalized spacial score (nSPS) is 10.3. The molecular weight excluding hydrogens is 268 g/mol. The number of hydrogen-bond donors (Lipinski definition) is 2. The number of aromatic amines is 1. The zero-order valence-electron chi connectivity index (χ0n) is 10.7. The van der Waals surface area contributed by atoms with Gasteiger partial charge in [-0.1, -0.05) is 6.92 Å². The van der Waals surface area contributed by atoms with Crippen molar-refractivity contribution in [2.45, 2.75) is 13.3 Å². The molecule has 0 aliphatic carbocycles. The van der Waals surface area contributed by atoms with Crippen molar-refractivity contribution in [3.05, 3.63) is 41.6 Å². The second kappa shape index (κ2) is 6.14. The van der Waals surface area contributed by atoms with Crippen LogP contribution in [-0.4, -0.2) is 22.7 Å². The fourth-order valence-electron chi connectivity index (χ4n) is 1.60. The Morgan fingerprint density at radius 1 is 1.45 bits per heavy atom. The van der Waals surface area contributed by atoms with Crippen molar-refractivity contribution >= 4 is 11.7 Å². The summed E-state index contributed by atoms with van der Waals surface area (Å²) in [5, 5.41) is 9.01. The number of nitrogens with zero attached hydrogens (tertiary/aromatic N) is 1. The van der Waals surface area contributed by atoms with Crippen LogP contribution in [0.15, 0.2) is 24.4 Å². The molecule has 0 spiro atoms. The molecule has 0 radical (unpaired) electrons. The predicted molar refractivity (Wildman–Crippen MR) is 68.4 cm³/mol. The molecule has 1 heterocycles. The van der Waals surface area contributed by atoms with Gasteiger partial charge >= 0.3 is 0 Å². The summed E-state index contributed by atoms with van der Waals surface area (Å²) in [5.74, 6) is -1.71. The van der Waals surface area contributed by atoms with E-state index in [2.05, 4.69) is 15.5 Å². The molecule has 20 heavy (non-hydrogen) atoms. The van der Waals surface area contributed by atoms with Gasteiger partial charge in [0.1, 0.15) is 11.6 Å². The Labute approximate surface area is 114 Å². The van der Waals surface area contributed by atoms with E-state index in [1.54, 1.807) is 6.20 Å². The van der Waals surface area contributed by atoms with Gasteiger partial charge in [0.2, 0.25) is 0 Å². The van der Waals surface area contributed by atoms with E-state index in [4.69, 9.17) is 4.74 Å². The zero-order chi connectivity index (χ0) is 14.5. The van der Waals surface area contributed by atoms with Crippen molar-refractivity contribution in [2.24, 2.45) is 0 Å². The molecule has 5 nitrogen and oxygen atoms in total. The molecular formula is C13H13F2N3O2. The molecule has 0 aliphatic heterocycles. The monoisotopic (exact) mass is 281 g/mol. The Kier molecular flexibility index (Phi) is 4.29. The highest BCUT2D eigenvalue weighted by Gasteiger charge is 2.10. The second-order valence-corrected chi connectivity index (χ2v) is 4.04. The number of H-pyrrole nitrogens is 1. The van der Waals surface area contributed by atoms with E-state index in [1.165, 1.54) is 0 Å². The molecule has 0 saturated carbocycles. The maximum atomic E-state index is 13.3. The van der Waals surface area contributed by atoms with E-state index in [9.17, 15) is 13.6 Å². The van der Waals surface area contributed by atoms with Crippen LogP contribution in [0.4, 0.5) is 14.6 Å². The third-order valence-electron chi connectivity index (χ3n) is 2.62. The first-order valence-electron chi connectivity index (χ1n) is 6.00. The molecule has 1 aromatic heterocycles. The quantitative estimate of drug-likeness (QED) is 0.883. The molecule has 2 rings (SSSR count). The van der Waals surface area contributed by atoms with Gasteiger partial charge in [-0.25, -0.2) is 8.78 Å². The average Bonchev–Trinajstić information content (AvgIpc) is 2.85. The summed E-state index contributed by atoms with van der Waals surface area (Å²) in [6.45, 7) is 1.54.